The van der Waals surface area contributed by atoms with E-state index in [0.29, 0.717) is 40.0 Å². The van der Waals surface area contributed by atoms with Crippen LogP contribution < -0.4 is 19.9 Å². The zero-order valence-electron chi connectivity index (χ0n) is 23.0. The van der Waals surface area contributed by atoms with Gasteiger partial charge in [-0.1, -0.05) is 80.9 Å². The van der Waals surface area contributed by atoms with Gasteiger partial charge < -0.3 is 19.9 Å². The van der Waals surface area contributed by atoms with Gasteiger partial charge in [-0.3, -0.25) is 0 Å². The Labute approximate surface area is 244 Å². The molecule has 5 rings (SSSR count). The molecule has 0 saturated heterocycles. The van der Waals surface area contributed by atoms with Crippen molar-refractivity contribution in [2.75, 3.05) is 0 Å². The molecule has 0 radical (unpaired) electrons. The highest BCUT2D eigenvalue weighted by atomic mass is 35.5. The van der Waals surface area contributed by atoms with Crippen LogP contribution in [-0.2, 0) is 12.0 Å². The van der Waals surface area contributed by atoms with E-state index in [-0.39, 0.29) is 16.9 Å². The summed E-state index contributed by atoms with van der Waals surface area (Å²) in [5, 5.41) is 10.6. The smallest absolute Gasteiger partial charge is 0.343 e. The number of carbonyl (C=O) groups is 1. The molecule has 4 aromatic rings. The summed E-state index contributed by atoms with van der Waals surface area (Å²) in [5.41, 5.74) is 10.4. The molecule has 0 spiro atoms. The molecule has 1 aliphatic rings. The van der Waals surface area contributed by atoms with Crippen molar-refractivity contribution in [3.63, 3.8) is 0 Å². The van der Waals surface area contributed by atoms with Crippen molar-refractivity contribution in [2.24, 2.45) is 5.73 Å². The first-order valence-electron chi connectivity index (χ1n) is 13.1. The number of benzene rings is 4. The molecule has 0 bridgehead atoms. The molecule has 6 nitrogen and oxygen atoms in total. The molecular formula is C34H29ClN2O4. The van der Waals surface area contributed by atoms with Gasteiger partial charge in [-0.25, -0.2) is 4.79 Å². The second-order valence-electron chi connectivity index (χ2n) is 10.8. The molecule has 1 unspecified atom stereocenters. The van der Waals surface area contributed by atoms with Gasteiger partial charge in [-0.15, -0.1) is 0 Å². The predicted molar refractivity (Wildman–Crippen MR) is 158 cm³/mol. The van der Waals surface area contributed by atoms with Gasteiger partial charge in [0.25, 0.3) is 0 Å². The minimum Gasteiger partial charge on any atom is -0.489 e. The largest absolute Gasteiger partial charge is 0.489 e. The number of hydrogen-bond donors (Lipinski definition) is 1. The molecule has 7 heteroatoms. The van der Waals surface area contributed by atoms with Crippen LogP contribution in [-0.4, -0.2) is 5.97 Å². The van der Waals surface area contributed by atoms with Crippen LogP contribution in [0.15, 0.2) is 102 Å². The summed E-state index contributed by atoms with van der Waals surface area (Å²) in [6, 6.07) is 29.6. The Bertz CT molecular complexity index is 1680. The van der Waals surface area contributed by atoms with Crippen molar-refractivity contribution >= 4 is 17.6 Å². The maximum absolute atomic E-state index is 12.9. The highest BCUT2D eigenvalue weighted by molar-refractivity contribution is 6.31. The Morgan fingerprint density at radius 3 is 2.44 bits per heavy atom. The normalized spacial score (nSPS) is 14.5. The SMILES string of the molecule is CC(C)(C)c1ccc(C(=O)Oc2ccc3c(c2)OC(N)=C(C#N)C3c2cccc(OCc3ccccc3Cl)c2)cc1. The standard InChI is InChI=1S/C34H29ClN2O4/c1-34(2,3)24-13-11-21(12-14-24)33(38)40-26-15-16-27-30(18-26)41-32(37)28(19-36)31(27)22-8-6-9-25(17-22)39-20-23-7-4-5-10-29(23)35/h4-18,31H,20,37H2,1-3H3. The summed E-state index contributed by atoms with van der Waals surface area (Å²) >= 11 is 6.27. The lowest BCUT2D eigenvalue weighted by Crippen LogP contribution is -2.21. The van der Waals surface area contributed by atoms with E-state index in [1.807, 2.05) is 60.7 Å². The van der Waals surface area contributed by atoms with E-state index >= 15 is 0 Å². The van der Waals surface area contributed by atoms with Gasteiger partial charge in [-0.05, 0) is 52.9 Å². The summed E-state index contributed by atoms with van der Waals surface area (Å²) < 4.78 is 17.5. The molecule has 0 aliphatic carbocycles. The van der Waals surface area contributed by atoms with E-state index in [9.17, 15) is 10.1 Å². The third-order valence-corrected chi connectivity index (χ3v) is 7.30. The highest BCUT2D eigenvalue weighted by Gasteiger charge is 2.31. The fraction of sp³-hybridized carbons (Fsp3) is 0.176. The molecule has 4 aromatic carbocycles. The number of hydrogen-bond acceptors (Lipinski definition) is 6. The number of carbonyl (C=O) groups excluding carboxylic acids is 1. The van der Waals surface area contributed by atoms with Gasteiger partial charge in [0.2, 0.25) is 5.88 Å². The van der Waals surface area contributed by atoms with Crippen LogP contribution in [0, 0.1) is 11.3 Å². The van der Waals surface area contributed by atoms with Crippen molar-refractivity contribution in [1.29, 1.82) is 5.26 Å². The van der Waals surface area contributed by atoms with Crippen molar-refractivity contribution < 1.29 is 19.0 Å². The van der Waals surface area contributed by atoms with Gasteiger partial charge in [0.1, 0.15) is 35.5 Å². The summed E-state index contributed by atoms with van der Waals surface area (Å²) in [7, 11) is 0. The minimum atomic E-state index is -0.498. The first kappa shape index (κ1) is 27.8. The monoisotopic (exact) mass is 564 g/mol. The molecule has 1 heterocycles. The Morgan fingerprint density at radius 1 is 0.976 bits per heavy atom. The third kappa shape index (κ3) is 6.06. The van der Waals surface area contributed by atoms with E-state index in [1.165, 1.54) is 0 Å². The Morgan fingerprint density at radius 2 is 1.73 bits per heavy atom. The number of rotatable bonds is 6. The van der Waals surface area contributed by atoms with Crippen molar-refractivity contribution in [2.45, 2.75) is 38.7 Å². The molecule has 0 aromatic heterocycles. The molecule has 41 heavy (non-hydrogen) atoms. The fourth-order valence-corrected chi connectivity index (χ4v) is 4.87. The number of ether oxygens (including phenoxy) is 3. The lowest BCUT2D eigenvalue weighted by atomic mass is 9.83. The number of nitrogens with zero attached hydrogens (tertiary/aromatic N) is 1. The van der Waals surface area contributed by atoms with Crippen LogP contribution in [0.3, 0.4) is 0 Å². The van der Waals surface area contributed by atoms with Gasteiger partial charge in [-0.2, -0.15) is 5.26 Å². The first-order chi connectivity index (χ1) is 19.6. The van der Waals surface area contributed by atoms with E-state index in [4.69, 9.17) is 31.5 Å². The topological polar surface area (TPSA) is 94.6 Å². The maximum atomic E-state index is 12.9. The number of fused-ring (bicyclic) bond motifs is 1. The Kier molecular flexibility index (Phi) is 7.74. The molecule has 1 aliphatic heterocycles. The third-order valence-electron chi connectivity index (χ3n) is 6.93. The Balaban J connectivity index is 1.39. The van der Waals surface area contributed by atoms with Crippen molar-refractivity contribution in [3.05, 3.63) is 135 Å². The van der Waals surface area contributed by atoms with E-state index < -0.39 is 11.9 Å². The van der Waals surface area contributed by atoms with Crippen molar-refractivity contribution in [3.8, 4) is 23.3 Å². The maximum Gasteiger partial charge on any atom is 0.343 e. The zero-order chi connectivity index (χ0) is 29.1. The molecule has 2 N–H and O–H groups in total. The molecule has 206 valence electrons. The Hall–Kier alpha value is -4.73. The predicted octanol–water partition coefficient (Wildman–Crippen LogP) is 7.65. The second-order valence-corrected chi connectivity index (χ2v) is 11.2. The molecule has 0 fully saturated rings. The number of esters is 1. The van der Waals surface area contributed by atoms with Crippen LogP contribution >= 0.6 is 11.6 Å². The number of halogens is 1. The summed E-state index contributed by atoms with van der Waals surface area (Å²) in [6.07, 6.45) is 0. The average Bonchev–Trinajstić information content (AvgIpc) is 2.95. The van der Waals surface area contributed by atoms with Crippen LogP contribution in [0.4, 0.5) is 0 Å². The number of allylic oxidation sites excluding steroid dienone is 1. The number of nitrogens with two attached hydrogens (primary N) is 1. The van der Waals surface area contributed by atoms with Gasteiger partial charge in [0.05, 0.1) is 11.5 Å². The summed E-state index contributed by atoms with van der Waals surface area (Å²) in [4.78, 5) is 12.9. The van der Waals surface area contributed by atoms with Gasteiger partial charge in [0, 0.05) is 22.2 Å². The van der Waals surface area contributed by atoms with Crippen LogP contribution in [0.2, 0.25) is 5.02 Å². The molecule has 0 saturated carbocycles. The number of nitriles is 1. The quantitative estimate of drug-likeness (QED) is 0.191. The van der Waals surface area contributed by atoms with E-state index in [2.05, 4.69) is 26.8 Å². The minimum absolute atomic E-state index is 0.00589. The fourth-order valence-electron chi connectivity index (χ4n) is 4.67. The zero-order valence-corrected chi connectivity index (χ0v) is 23.7. The van der Waals surface area contributed by atoms with Gasteiger partial charge >= 0.3 is 5.97 Å². The molecule has 0 amide bonds. The van der Waals surface area contributed by atoms with Crippen LogP contribution in [0.25, 0.3) is 0 Å². The van der Waals surface area contributed by atoms with Crippen molar-refractivity contribution in [1.82, 2.24) is 0 Å². The second kappa shape index (κ2) is 11.4. The molecule has 1 atom stereocenters. The highest BCUT2D eigenvalue weighted by Crippen LogP contribution is 2.44. The van der Waals surface area contributed by atoms with E-state index in [0.717, 1.165) is 16.7 Å². The summed E-state index contributed by atoms with van der Waals surface area (Å²) in [6.45, 7) is 6.64. The van der Waals surface area contributed by atoms with Gasteiger partial charge in [0.15, 0.2) is 0 Å². The summed E-state index contributed by atoms with van der Waals surface area (Å²) in [5.74, 6) is 0.340. The van der Waals surface area contributed by atoms with Crippen LogP contribution in [0.5, 0.6) is 17.2 Å². The first-order valence-corrected chi connectivity index (χ1v) is 13.5. The lowest BCUT2D eigenvalue weighted by molar-refractivity contribution is 0.0734. The van der Waals surface area contributed by atoms with Crippen LogP contribution in [0.1, 0.15) is 59.3 Å². The lowest BCUT2D eigenvalue weighted by Gasteiger charge is -2.27. The van der Waals surface area contributed by atoms with E-state index in [1.54, 1.807) is 30.3 Å². The average molecular weight is 565 g/mol. The molecular weight excluding hydrogens is 536 g/mol.